The lowest BCUT2D eigenvalue weighted by Crippen LogP contribution is -2.30. The van der Waals surface area contributed by atoms with Gasteiger partial charge in [-0.1, -0.05) is 31.2 Å². The molecule has 0 saturated carbocycles. The Balaban J connectivity index is 1.72. The van der Waals surface area contributed by atoms with E-state index in [1.54, 1.807) is 0 Å². The molecule has 2 heterocycles. The van der Waals surface area contributed by atoms with Crippen LogP contribution in [0, 0.1) is 5.92 Å². The minimum Gasteiger partial charge on any atom is -0.317 e. The van der Waals surface area contributed by atoms with Crippen LogP contribution in [0.15, 0.2) is 24.3 Å². The quantitative estimate of drug-likeness (QED) is 0.925. The number of allylic oxidation sites excluding steroid dienone is 4. The van der Waals surface area contributed by atoms with Gasteiger partial charge in [0.1, 0.15) is 5.82 Å². The molecule has 1 unspecified atom stereocenters. The van der Waals surface area contributed by atoms with Gasteiger partial charge in [-0.2, -0.15) is 5.10 Å². The van der Waals surface area contributed by atoms with Crippen LogP contribution in [0.5, 0.6) is 0 Å². The lowest BCUT2D eigenvalue weighted by molar-refractivity contribution is 0.333. The summed E-state index contributed by atoms with van der Waals surface area (Å²) in [6, 6.07) is 0.536. The van der Waals surface area contributed by atoms with Crippen LogP contribution < -0.4 is 5.32 Å². The average molecular weight is 286 g/mol. The first kappa shape index (κ1) is 14.5. The van der Waals surface area contributed by atoms with E-state index in [0.29, 0.717) is 12.0 Å². The number of nitrogens with one attached hydrogen (secondary N) is 1. The first-order valence-electron chi connectivity index (χ1n) is 8.35. The molecule has 0 radical (unpaired) electrons. The van der Waals surface area contributed by atoms with Gasteiger partial charge in [0.25, 0.3) is 0 Å². The molecule has 21 heavy (non-hydrogen) atoms. The molecule has 114 valence electrons. The molecule has 1 aliphatic heterocycles. The maximum Gasteiger partial charge on any atom is 0.151 e. The molecule has 0 bridgehead atoms. The molecule has 1 atom stereocenters. The Bertz CT molecular complexity index is 509. The van der Waals surface area contributed by atoms with Gasteiger partial charge in [-0.15, -0.1) is 0 Å². The molecule has 4 heteroatoms. The molecule has 4 nitrogen and oxygen atoms in total. The van der Waals surface area contributed by atoms with Gasteiger partial charge in [0, 0.05) is 12.8 Å². The van der Waals surface area contributed by atoms with Gasteiger partial charge in [0.15, 0.2) is 5.82 Å². The fraction of sp³-hybridized carbons (Fsp3) is 0.647. The van der Waals surface area contributed by atoms with Crippen molar-refractivity contribution in [3.8, 4) is 0 Å². The molecule has 2 aliphatic rings. The van der Waals surface area contributed by atoms with Crippen molar-refractivity contribution in [3.63, 3.8) is 0 Å². The molecule has 1 saturated heterocycles. The summed E-state index contributed by atoms with van der Waals surface area (Å²) in [4.78, 5) is 4.81. The molecule has 1 N–H and O–H groups in total. The minimum absolute atomic E-state index is 0.536. The molecular weight excluding hydrogens is 260 g/mol. The predicted octanol–water partition coefficient (Wildman–Crippen LogP) is 2.83. The van der Waals surface area contributed by atoms with E-state index in [-0.39, 0.29) is 0 Å². The molecular formula is C17H26N4. The second kappa shape index (κ2) is 7.03. The number of rotatable bonds is 4. The Hall–Kier alpha value is -1.42. The highest BCUT2D eigenvalue weighted by Gasteiger charge is 2.21. The summed E-state index contributed by atoms with van der Waals surface area (Å²) in [5, 5.41) is 8.28. The number of nitrogens with zero attached hydrogens (tertiary/aromatic N) is 3. The van der Waals surface area contributed by atoms with Crippen LogP contribution in [0.2, 0.25) is 0 Å². The van der Waals surface area contributed by atoms with Crippen LogP contribution in [-0.4, -0.2) is 27.9 Å². The molecule has 1 aromatic heterocycles. The van der Waals surface area contributed by atoms with Crippen molar-refractivity contribution < 1.29 is 0 Å². The van der Waals surface area contributed by atoms with Gasteiger partial charge in [-0.05, 0) is 44.7 Å². The van der Waals surface area contributed by atoms with Crippen molar-refractivity contribution in [2.75, 3.05) is 13.1 Å². The van der Waals surface area contributed by atoms with Gasteiger partial charge in [-0.3, -0.25) is 0 Å². The fourth-order valence-electron chi connectivity index (χ4n) is 3.28. The maximum atomic E-state index is 4.85. The summed E-state index contributed by atoms with van der Waals surface area (Å²) in [6.45, 7) is 4.38. The van der Waals surface area contributed by atoms with E-state index in [9.17, 15) is 0 Å². The molecule has 1 aliphatic carbocycles. The first-order chi connectivity index (χ1) is 10.4. The lowest BCUT2D eigenvalue weighted by atomic mass is 10.00. The summed E-state index contributed by atoms with van der Waals surface area (Å²) < 4.78 is 2.22. The van der Waals surface area contributed by atoms with Gasteiger partial charge in [-0.25, -0.2) is 9.67 Å². The van der Waals surface area contributed by atoms with E-state index in [1.165, 1.54) is 19.3 Å². The maximum absolute atomic E-state index is 4.85. The first-order valence-corrected chi connectivity index (χ1v) is 8.35. The summed E-state index contributed by atoms with van der Waals surface area (Å²) in [6.07, 6.45) is 15.5. The molecule has 0 aromatic carbocycles. The zero-order valence-electron chi connectivity index (χ0n) is 13.0. The highest BCUT2D eigenvalue weighted by Crippen LogP contribution is 2.22. The van der Waals surface area contributed by atoms with E-state index >= 15 is 0 Å². The summed E-state index contributed by atoms with van der Waals surface area (Å²) in [5.74, 6) is 2.77. The Labute approximate surface area is 127 Å². The Morgan fingerprint density at radius 2 is 2.10 bits per heavy atom. The minimum atomic E-state index is 0.536. The zero-order valence-corrected chi connectivity index (χ0v) is 13.0. The Morgan fingerprint density at radius 1 is 1.24 bits per heavy atom. The normalized spacial score (nSPS) is 23.4. The molecule has 0 spiro atoms. The standard InChI is InChI=1S/C17H26N4/c1-2-17-19-16(13-14-7-5-3-4-6-8-14)20-21(17)15-9-11-18-12-10-15/h3-5,7,14-15,18H,2,6,8-13H2,1H3. The van der Waals surface area contributed by atoms with Crippen LogP contribution in [0.1, 0.15) is 50.3 Å². The number of hydrogen-bond acceptors (Lipinski definition) is 3. The zero-order chi connectivity index (χ0) is 14.5. The molecule has 1 fully saturated rings. The largest absolute Gasteiger partial charge is 0.317 e. The number of aryl methyl sites for hydroxylation is 1. The summed E-state index contributed by atoms with van der Waals surface area (Å²) in [5.41, 5.74) is 0. The molecule has 3 rings (SSSR count). The van der Waals surface area contributed by atoms with Gasteiger partial charge >= 0.3 is 0 Å². The Kier molecular flexibility index (Phi) is 4.86. The second-order valence-electron chi connectivity index (χ2n) is 6.08. The van der Waals surface area contributed by atoms with Crippen LogP contribution >= 0.6 is 0 Å². The third-order valence-electron chi connectivity index (χ3n) is 4.50. The highest BCUT2D eigenvalue weighted by atomic mass is 15.4. The second-order valence-corrected chi connectivity index (χ2v) is 6.08. The molecule has 0 amide bonds. The van der Waals surface area contributed by atoms with Gasteiger partial charge < -0.3 is 5.32 Å². The molecule has 1 aromatic rings. The number of hydrogen-bond donors (Lipinski definition) is 1. The average Bonchev–Trinajstić information content (AvgIpc) is 2.76. The smallest absolute Gasteiger partial charge is 0.151 e. The van der Waals surface area contributed by atoms with E-state index < -0.39 is 0 Å². The fourth-order valence-corrected chi connectivity index (χ4v) is 3.28. The van der Waals surface area contributed by atoms with Crippen LogP contribution in [0.3, 0.4) is 0 Å². The van der Waals surface area contributed by atoms with Crippen LogP contribution in [0.25, 0.3) is 0 Å². The van der Waals surface area contributed by atoms with Crippen molar-refractivity contribution in [3.05, 3.63) is 36.0 Å². The van der Waals surface area contributed by atoms with E-state index in [2.05, 4.69) is 41.2 Å². The van der Waals surface area contributed by atoms with Crippen molar-refractivity contribution in [1.82, 2.24) is 20.1 Å². The van der Waals surface area contributed by atoms with Crippen LogP contribution in [0.4, 0.5) is 0 Å². The van der Waals surface area contributed by atoms with Crippen molar-refractivity contribution in [2.24, 2.45) is 5.92 Å². The Morgan fingerprint density at radius 3 is 2.90 bits per heavy atom. The van der Waals surface area contributed by atoms with E-state index in [0.717, 1.165) is 44.0 Å². The van der Waals surface area contributed by atoms with Crippen molar-refractivity contribution in [2.45, 2.75) is 51.5 Å². The SMILES string of the molecule is CCc1nc(CC2C=CC=CCC2)nn1C1CCNCC1. The van der Waals surface area contributed by atoms with E-state index in [1.807, 2.05) is 0 Å². The number of piperidine rings is 1. The lowest BCUT2D eigenvalue weighted by Gasteiger charge is -2.23. The van der Waals surface area contributed by atoms with Crippen LogP contribution in [-0.2, 0) is 12.8 Å². The topological polar surface area (TPSA) is 42.7 Å². The monoisotopic (exact) mass is 286 g/mol. The van der Waals surface area contributed by atoms with Crippen molar-refractivity contribution >= 4 is 0 Å². The van der Waals surface area contributed by atoms with Gasteiger partial charge in [0.2, 0.25) is 0 Å². The number of aromatic nitrogens is 3. The third-order valence-corrected chi connectivity index (χ3v) is 4.50. The van der Waals surface area contributed by atoms with Crippen molar-refractivity contribution in [1.29, 1.82) is 0 Å². The summed E-state index contributed by atoms with van der Waals surface area (Å²) in [7, 11) is 0. The van der Waals surface area contributed by atoms with E-state index in [4.69, 9.17) is 10.1 Å². The predicted molar refractivity (Wildman–Crippen MR) is 85.2 cm³/mol. The third kappa shape index (κ3) is 3.62. The van der Waals surface area contributed by atoms with Gasteiger partial charge in [0.05, 0.1) is 6.04 Å². The highest BCUT2D eigenvalue weighted by molar-refractivity contribution is 5.09. The summed E-state index contributed by atoms with van der Waals surface area (Å²) >= 11 is 0.